The van der Waals surface area contributed by atoms with Crippen molar-refractivity contribution in [2.75, 3.05) is 0 Å². The highest BCUT2D eigenvalue weighted by atomic mass is 15.1. The fourth-order valence-electron chi connectivity index (χ4n) is 2.41. The first-order valence-corrected chi connectivity index (χ1v) is 5.93. The van der Waals surface area contributed by atoms with Crippen molar-refractivity contribution in [3.05, 3.63) is 0 Å². The molecule has 6 N–H and O–H groups in total. The summed E-state index contributed by atoms with van der Waals surface area (Å²) in [5.74, 6) is 1.40. The minimum absolute atomic E-state index is 0.0295. The van der Waals surface area contributed by atoms with Crippen molar-refractivity contribution in [2.45, 2.75) is 45.6 Å². The molecule has 0 aromatic carbocycles. The van der Waals surface area contributed by atoms with Gasteiger partial charge in [-0.2, -0.15) is 4.99 Å². The molecule has 0 amide bonds. The molecule has 1 rings (SSSR count). The van der Waals surface area contributed by atoms with Gasteiger partial charge < -0.3 is 17.2 Å². The molecule has 2 unspecified atom stereocenters. The van der Waals surface area contributed by atoms with Crippen LogP contribution in [0.5, 0.6) is 0 Å². The largest absolute Gasteiger partial charge is 0.370 e. The predicted octanol–water partition coefficient (Wildman–Crippen LogP) is 0.789. The van der Waals surface area contributed by atoms with Gasteiger partial charge in [0.05, 0.1) is 6.04 Å². The van der Waals surface area contributed by atoms with Crippen LogP contribution < -0.4 is 17.2 Å². The van der Waals surface area contributed by atoms with Gasteiger partial charge in [-0.05, 0) is 24.7 Å². The van der Waals surface area contributed by atoms with Crippen LogP contribution in [-0.2, 0) is 0 Å². The van der Waals surface area contributed by atoms with E-state index in [9.17, 15) is 0 Å². The van der Waals surface area contributed by atoms with Crippen LogP contribution in [0.25, 0.3) is 0 Å². The maximum absolute atomic E-state index is 5.67. The van der Waals surface area contributed by atoms with Crippen LogP contribution in [0.3, 0.4) is 0 Å². The van der Waals surface area contributed by atoms with Gasteiger partial charge in [0.25, 0.3) is 0 Å². The maximum atomic E-state index is 5.67. The van der Waals surface area contributed by atoms with Gasteiger partial charge in [-0.3, -0.25) is 0 Å². The van der Waals surface area contributed by atoms with Gasteiger partial charge in [0.1, 0.15) is 0 Å². The van der Waals surface area contributed by atoms with Gasteiger partial charge in [0.15, 0.2) is 5.96 Å². The Morgan fingerprint density at radius 3 is 2.31 bits per heavy atom. The van der Waals surface area contributed by atoms with E-state index in [0.29, 0.717) is 11.8 Å². The first kappa shape index (κ1) is 12.8. The van der Waals surface area contributed by atoms with Crippen molar-refractivity contribution in [1.82, 2.24) is 0 Å². The van der Waals surface area contributed by atoms with Crippen molar-refractivity contribution in [3.63, 3.8) is 0 Å². The number of hydrogen-bond donors (Lipinski definition) is 3. The Morgan fingerprint density at radius 1 is 1.12 bits per heavy atom. The molecule has 1 fully saturated rings. The molecule has 0 aromatic rings. The van der Waals surface area contributed by atoms with Gasteiger partial charge in [-0.25, -0.2) is 4.99 Å². The zero-order chi connectivity index (χ0) is 12.1. The van der Waals surface area contributed by atoms with Crippen LogP contribution in [-0.4, -0.2) is 18.0 Å². The second kappa shape index (κ2) is 5.72. The second-order valence-electron chi connectivity index (χ2n) is 4.78. The summed E-state index contributed by atoms with van der Waals surface area (Å²) < 4.78 is 0. The fourth-order valence-corrected chi connectivity index (χ4v) is 2.41. The minimum Gasteiger partial charge on any atom is -0.370 e. The van der Waals surface area contributed by atoms with Gasteiger partial charge in [-0.1, -0.05) is 26.7 Å². The highest BCUT2D eigenvalue weighted by Gasteiger charge is 2.27. The first-order chi connectivity index (χ1) is 7.50. The van der Waals surface area contributed by atoms with Crippen LogP contribution in [0, 0.1) is 11.8 Å². The summed E-state index contributed by atoms with van der Waals surface area (Å²) in [5.41, 5.74) is 16.2. The van der Waals surface area contributed by atoms with Crippen molar-refractivity contribution in [2.24, 2.45) is 39.0 Å². The predicted molar refractivity (Wildman–Crippen MR) is 68.0 cm³/mol. The summed E-state index contributed by atoms with van der Waals surface area (Å²) in [6, 6.07) is 0.275. The molecule has 1 saturated carbocycles. The van der Waals surface area contributed by atoms with E-state index < -0.39 is 0 Å². The lowest BCUT2D eigenvalue weighted by molar-refractivity contribution is 0.241. The van der Waals surface area contributed by atoms with E-state index in [2.05, 4.69) is 23.8 Å². The molecule has 0 aromatic heterocycles. The molecule has 2 atom stereocenters. The molecule has 92 valence electrons. The quantitative estimate of drug-likeness (QED) is 0.478. The molecular formula is C11H23N5. The second-order valence-corrected chi connectivity index (χ2v) is 4.78. The monoisotopic (exact) mass is 225 g/mol. The lowest BCUT2D eigenvalue weighted by Crippen LogP contribution is -2.31. The molecule has 16 heavy (non-hydrogen) atoms. The lowest BCUT2D eigenvalue weighted by Gasteiger charge is -2.31. The van der Waals surface area contributed by atoms with E-state index in [1.165, 1.54) is 19.3 Å². The summed E-state index contributed by atoms with van der Waals surface area (Å²) >= 11 is 0. The standard InChI is InChI=1S/C11H23N5/c1-7(2)8-5-3-4-6-9(8)15-11(14)16-10(12)13/h7-9H,3-6H2,1-2H3,(H6,12,13,14,15,16). The maximum Gasteiger partial charge on any atom is 0.218 e. The summed E-state index contributed by atoms with van der Waals surface area (Å²) in [6.45, 7) is 4.46. The van der Waals surface area contributed by atoms with E-state index in [0.717, 1.165) is 6.42 Å². The van der Waals surface area contributed by atoms with Crippen molar-refractivity contribution < 1.29 is 0 Å². The number of nitrogens with zero attached hydrogens (tertiary/aromatic N) is 2. The minimum atomic E-state index is -0.0295. The smallest absolute Gasteiger partial charge is 0.218 e. The molecular weight excluding hydrogens is 202 g/mol. The van der Waals surface area contributed by atoms with Crippen molar-refractivity contribution >= 4 is 11.9 Å². The highest BCUT2D eigenvalue weighted by molar-refractivity contribution is 5.92. The lowest BCUT2D eigenvalue weighted by atomic mass is 9.78. The zero-order valence-electron chi connectivity index (χ0n) is 10.2. The van der Waals surface area contributed by atoms with E-state index in [4.69, 9.17) is 17.2 Å². The van der Waals surface area contributed by atoms with Crippen LogP contribution >= 0.6 is 0 Å². The van der Waals surface area contributed by atoms with Crippen LogP contribution in [0.15, 0.2) is 9.98 Å². The number of nitrogens with two attached hydrogens (primary N) is 3. The highest BCUT2D eigenvalue weighted by Crippen LogP contribution is 2.32. The van der Waals surface area contributed by atoms with Gasteiger partial charge in [-0.15, -0.1) is 0 Å². The first-order valence-electron chi connectivity index (χ1n) is 5.93. The fraction of sp³-hybridized carbons (Fsp3) is 0.818. The van der Waals surface area contributed by atoms with E-state index in [-0.39, 0.29) is 18.0 Å². The summed E-state index contributed by atoms with van der Waals surface area (Å²) in [5, 5.41) is 0. The molecule has 0 radical (unpaired) electrons. The summed E-state index contributed by atoms with van der Waals surface area (Å²) in [6.07, 6.45) is 4.81. The molecule has 0 spiro atoms. The normalized spacial score (nSPS) is 26.8. The molecule has 1 aliphatic carbocycles. The van der Waals surface area contributed by atoms with E-state index in [1.807, 2.05) is 0 Å². The van der Waals surface area contributed by atoms with Crippen LogP contribution in [0.4, 0.5) is 0 Å². The topological polar surface area (TPSA) is 103 Å². The van der Waals surface area contributed by atoms with Crippen LogP contribution in [0.1, 0.15) is 39.5 Å². The Balaban J connectivity index is 2.72. The summed E-state index contributed by atoms with van der Waals surface area (Å²) in [7, 11) is 0. The Morgan fingerprint density at radius 2 is 1.75 bits per heavy atom. The number of aliphatic imine (C=N–C) groups is 2. The molecule has 0 saturated heterocycles. The molecule has 0 aliphatic heterocycles. The Kier molecular flexibility index (Phi) is 4.58. The van der Waals surface area contributed by atoms with E-state index in [1.54, 1.807) is 0 Å². The Hall–Kier alpha value is -1.26. The average molecular weight is 225 g/mol. The van der Waals surface area contributed by atoms with Crippen molar-refractivity contribution in [1.29, 1.82) is 0 Å². The average Bonchev–Trinajstić information content (AvgIpc) is 2.16. The Bertz CT molecular complexity index is 278. The number of guanidine groups is 2. The SMILES string of the molecule is CC(C)C1CCCCC1N=C(N)N=C(N)N. The molecule has 1 aliphatic rings. The van der Waals surface area contributed by atoms with Gasteiger partial charge in [0, 0.05) is 0 Å². The van der Waals surface area contributed by atoms with E-state index >= 15 is 0 Å². The van der Waals surface area contributed by atoms with Gasteiger partial charge >= 0.3 is 0 Å². The number of rotatable bonds is 2. The van der Waals surface area contributed by atoms with Gasteiger partial charge in [0.2, 0.25) is 5.96 Å². The third-order valence-electron chi connectivity index (χ3n) is 3.18. The zero-order valence-corrected chi connectivity index (χ0v) is 10.2. The van der Waals surface area contributed by atoms with Crippen LogP contribution in [0.2, 0.25) is 0 Å². The molecule has 0 bridgehead atoms. The Labute approximate surface area is 97.2 Å². The molecule has 5 heteroatoms. The third kappa shape index (κ3) is 3.72. The third-order valence-corrected chi connectivity index (χ3v) is 3.18. The van der Waals surface area contributed by atoms with Crippen molar-refractivity contribution in [3.8, 4) is 0 Å². The summed E-state index contributed by atoms with van der Waals surface area (Å²) in [4.78, 5) is 8.19. The molecule has 5 nitrogen and oxygen atoms in total. The number of hydrogen-bond acceptors (Lipinski definition) is 1. The molecule has 0 heterocycles.